The first-order chi connectivity index (χ1) is 8.70. The molecule has 0 aliphatic heterocycles. The molecule has 0 atom stereocenters. The van der Waals surface area contributed by atoms with Crippen LogP contribution in [-0.2, 0) is 9.84 Å². The zero-order chi connectivity index (χ0) is 14.6. The standard InChI is InChI=1S/C11H12Br2O5S/c1-19(16,17)4-2-3-18-10-8(12)5-7(11(14)15)6-9(10)13/h5-6H,2-4H2,1H3,(H,14,15). The summed E-state index contributed by atoms with van der Waals surface area (Å²) in [6, 6.07) is 2.86. The number of rotatable bonds is 6. The summed E-state index contributed by atoms with van der Waals surface area (Å²) in [5, 5.41) is 8.88. The van der Waals surface area contributed by atoms with E-state index in [1.54, 1.807) is 0 Å². The van der Waals surface area contributed by atoms with E-state index in [2.05, 4.69) is 31.9 Å². The van der Waals surface area contributed by atoms with Crippen LogP contribution >= 0.6 is 31.9 Å². The summed E-state index contributed by atoms with van der Waals surface area (Å²) in [4.78, 5) is 10.8. The zero-order valence-electron chi connectivity index (χ0n) is 10.0. The van der Waals surface area contributed by atoms with Crippen LogP contribution in [0.1, 0.15) is 16.8 Å². The number of benzene rings is 1. The monoisotopic (exact) mass is 414 g/mol. The fourth-order valence-corrected chi connectivity index (χ4v) is 3.37. The van der Waals surface area contributed by atoms with Crippen LogP contribution in [0, 0.1) is 0 Å². The molecule has 1 aromatic carbocycles. The number of halogens is 2. The van der Waals surface area contributed by atoms with Crippen molar-refractivity contribution >= 4 is 47.7 Å². The lowest BCUT2D eigenvalue weighted by atomic mass is 10.2. The maximum Gasteiger partial charge on any atom is 0.335 e. The van der Waals surface area contributed by atoms with Crippen molar-refractivity contribution in [3.05, 3.63) is 26.6 Å². The van der Waals surface area contributed by atoms with Gasteiger partial charge in [-0.15, -0.1) is 0 Å². The predicted octanol–water partition coefficient (Wildman–Crippen LogP) is 2.72. The minimum Gasteiger partial charge on any atom is -0.491 e. The average Bonchev–Trinajstić information content (AvgIpc) is 2.25. The van der Waals surface area contributed by atoms with E-state index in [-0.39, 0.29) is 17.9 Å². The lowest BCUT2D eigenvalue weighted by Crippen LogP contribution is -2.08. The summed E-state index contributed by atoms with van der Waals surface area (Å²) < 4.78 is 28.4. The SMILES string of the molecule is CS(=O)(=O)CCCOc1c(Br)cc(C(=O)O)cc1Br. The normalized spacial score (nSPS) is 11.3. The first kappa shape index (κ1) is 16.5. The third kappa shape index (κ3) is 5.50. The molecule has 0 bridgehead atoms. The highest BCUT2D eigenvalue weighted by molar-refractivity contribution is 9.11. The number of ether oxygens (including phenoxy) is 1. The van der Waals surface area contributed by atoms with Gasteiger partial charge < -0.3 is 9.84 Å². The number of carboxylic acid groups (broad SMARTS) is 1. The third-order valence-electron chi connectivity index (χ3n) is 2.15. The number of aromatic carboxylic acids is 1. The highest BCUT2D eigenvalue weighted by atomic mass is 79.9. The van der Waals surface area contributed by atoms with Gasteiger partial charge in [-0.3, -0.25) is 0 Å². The van der Waals surface area contributed by atoms with Crippen molar-refractivity contribution < 1.29 is 23.1 Å². The largest absolute Gasteiger partial charge is 0.491 e. The van der Waals surface area contributed by atoms with Gasteiger partial charge in [0.05, 0.1) is 26.9 Å². The third-order valence-corrected chi connectivity index (χ3v) is 4.36. The lowest BCUT2D eigenvalue weighted by molar-refractivity contribution is 0.0696. The van der Waals surface area contributed by atoms with E-state index in [9.17, 15) is 13.2 Å². The molecule has 5 nitrogen and oxygen atoms in total. The average molecular weight is 416 g/mol. The molecule has 0 fully saturated rings. The Hall–Kier alpha value is -0.600. The first-order valence-corrected chi connectivity index (χ1v) is 8.88. The minimum atomic E-state index is -3.00. The summed E-state index contributed by atoms with van der Waals surface area (Å²) in [6.45, 7) is 0.233. The molecule has 19 heavy (non-hydrogen) atoms. The molecule has 8 heteroatoms. The molecule has 0 aliphatic carbocycles. The number of sulfone groups is 1. The van der Waals surface area contributed by atoms with E-state index in [4.69, 9.17) is 9.84 Å². The second-order valence-corrected chi connectivity index (χ2v) is 7.87. The van der Waals surface area contributed by atoms with Crippen molar-refractivity contribution in [2.24, 2.45) is 0 Å². The molecule has 0 aromatic heterocycles. The molecule has 106 valence electrons. The van der Waals surface area contributed by atoms with Crippen LogP contribution < -0.4 is 4.74 Å². The predicted molar refractivity (Wildman–Crippen MR) is 78.6 cm³/mol. The molecule has 0 amide bonds. The smallest absolute Gasteiger partial charge is 0.335 e. The Labute approximate surface area is 128 Å². The molecule has 0 unspecified atom stereocenters. The highest BCUT2D eigenvalue weighted by Gasteiger charge is 2.13. The van der Waals surface area contributed by atoms with Gasteiger partial charge in [-0.1, -0.05) is 0 Å². The van der Waals surface area contributed by atoms with Gasteiger partial charge in [0.15, 0.2) is 0 Å². The molecule has 0 heterocycles. The molecule has 0 radical (unpaired) electrons. The topological polar surface area (TPSA) is 80.7 Å². The Kier molecular flexibility index (Phi) is 5.82. The zero-order valence-corrected chi connectivity index (χ0v) is 14.0. The lowest BCUT2D eigenvalue weighted by Gasteiger charge is -2.11. The maximum atomic E-state index is 11.0. The van der Waals surface area contributed by atoms with Gasteiger partial charge in [-0.2, -0.15) is 0 Å². The number of hydrogen-bond acceptors (Lipinski definition) is 4. The van der Waals surface area contributed by atoms with Crippen LogP contribution in [0.2, 0.25) is 0 Å². The highest BCUT2D eigenvalue weighted by Crippen LogP contribution is 2.34. The van der Waals surface area contributed by atoms with E-state index in [0.29, 0.717) is 21.1 Å². The quantitative estimate of drug-likeness (QED) is 0.722. The van der Waals surface area contributed by atoms with Gasteiger partial charge in [-0.05, 0) is 50.4 Å². The van der Waals surface area contributed by atoms with Crippen LogP contribution in [0.25, 0.3) is 0 Å². The van der Waals surface area contributed by atoms with Crippen LogP contribution in [0.5, 0.6) is 5.75 Å². The summed E-state index contributed by atoms with van der Waals surface area (Å²) in [6.07, 6.45) is 1.54. The van der Waals surface area contributed by atoms with Gasteiger partial charge in [0.25, 0.3) is 0 Å². The van der Waals surface area contributed by atoms with Gasteiger partial charge in [0.2, 0.25) is 0 Å². The van der Waals surface area contributed by atoms with Gasteiger partial charge in [0.1, 0.15) is 15.6 Å². The number of carboxylic acids is 1. The first-order valence-electron chi connectivity index (χ1n) is 5.23. The van der Waals surface area contributed by atoms with Crippen molar-refractivity contribution in [1.82, 2.24) is 0 Å². The van der Waals surface area contributed by atoms with Gasteiger partial charge >= 0.3 is 5.97 Å². The fourth-order valence-electron chi connectivity index (χ4n) is 1.32. The molecular weight excluding hydrogens is 404 g/mol. The molecule has 1 aromatic rings. The van der Waals surface area contributed by atoms with E-state index in [1.807, 2.05) is 0 Å². The molecule has 0 aliphatic rings. The molecule has 0 spiro atoms. The Morgan fingerprint density at radius 3 is 2.26 bits per heavy atom. The maximum absolute atomic E-state index is 11.0. The van der Waals surface area contributed by atoms with Gasteiger partial charge in [-0.25, -0.2) is 13.2 Å². The summed E-state index contributed by atoms with van der Waals surface area (Å²) in [5.74, 6) is -0.529. The molecule has 0 saturated carbocycles. The molecule has 1 rings (SSSR count). The van der Waals surface area contributed by atoms with E-state index >= 15 is 0 Å². The molecule has 1 N–H and O–H groups in total. The molecule has 0 saturated heterocycles. The van der Waals surface area contributed by atoms with Crippen LogP contribution in [-0.4, -0.2) is 38.1 Å². The van der Waals surface area contributed by atoms with Crippen LogP contribution in [0.4, 0.5) is 0 Å². The van der Waals surface area contributed by atoms with Crippen molar-refractivity contribution in [3.8, 4) is 5.75 Å². The van der Waals surface area contributed by atoms with Crippen molar-refractivity contribution in [2.75, 3.05) is 18.6 Å². The van der Waals surface area contributed by atoms with Gasteiger partial charge in [0, 0.05) is 6.26 Å². The van der Waals surface area contributed by atoms with E-state index < -0.39 is 15.8 Å². The van der Waals surface area contributed by atoms with E-state index in [0.717, 1.165) is 0 Å². The van der Waals surface area contributed by atoms with Crippen molar-refractivity contribution in [1.29, 1.82) is 0 Å². The summed E-state index contributed by atoms with van der Waals surface area (Å²) >= 11 is 6.44. The van der Waals surface area contributed by atoms with Crippen molar-refractivity contribution in [2.45, 2.75) is 6.42 Å². The summed E-state index contributed by atoms with van der Waals surface area (Å²) in [7, 11) is -3.00. The second kappa shape index (κ2) is 6.71. The van der Waals surface area contributed by atoms with Crippen LogP contribution in [0.15, 0.2) is 21.1 Å². The Bertz CT molecular complexity index is 560. The number of hydrogen-bond donors (Lipinski definition) is 1. The summed E-state index contributed by atoms with van der Waals surface area (Å²) in [5.41, 5.74) is 0.127. The Morgan fingerprint density at radius 2 is 1.84 bits per heavy atom. The number of carbonyl (C=O) groups is 1. The fraction of sp³-hybridized carbons (Fsp3) is 0.364. The Balaban J connectivity index is 2.72. The second-order valence-electron chi connectivity index (χ2n) is 3.91. The molecular formula is C11H12Br2O5S. The van der Waals surface area contributed by atoms with E-state index in [1.165, 1.54) is 18.4 Å². The van der Waals surface area contributed by atoms with Crippen LogP contribution in [0.3, 0.4) is 0 Å². The van der Waals surface area contributed by atoms with Crippen molar-refractivity contribution in [3.63, 3.8) is 0 Å². The minimum absolute atomic E-state index is 0.0510. The Morgan fingerprint density at radius 1 is 1.32 bits per heavy atom.